The Balaban J connectivity index is 2.05. The third-order valence-corrected chi connectivity index (χ3v) is 4.17. The van der Waals surface area contributed by atoms with Crippen molar-refractivity contribution in [3.63, 3.8) is 0 Å². The van der Waals surface area contributed by atoms with Crippen molar-refractivity contribution in [3.05, 3.63) is 23.7 Å². The lowest BCUT2D eigenvalue weighted by molar-refractivity contribution is 0.185. The van der Waals surface area contributed by atoms with Gasteiger partial charge in [-0.2, -0.15) is 0 Å². The number of hydrogen-bond acceptors (Lipinski definition) is 3. The summed E-state index contributed by atoms with van der Waals surface area (Å²) < 4.78 is 5.62. The predicted molar refractivity (Wildman–Crippen MR) is 77.0 cm³/mol. The van der Waals surface area contributed by atoms with Crippen LogP contribution in [0.4, 0.5) is 0 Å². The minimum Gasteiger partial charge on any atom is -0.469 e. The van der Waals surface area contributed by atoms with Gasteiger partial charge in [0.15, 0.2) is 0 Å². The van der Waals surface area contributed by atoms with Gasteiger partial charge >= 0.3 is 0 Å². The fourth-order valence-electron chi connectivity index (χ4n) is 2.95. The SMILES string of the molecule is CC(C)(CCO)CNC1CC(C)(C)Cc2occc21. The number of nitrogens with one attached hydrogen (secondary N) is 1. The van der Waals surface area contributed by atoms with Gasteiger partial charge in [-0.1, -0.05) is 27.7 Å². The molecule has 1 heterocycles. The first kappa shape index (κ1) is 14.6. The van der Waals surface area contributed by atoms with Gasteiger partial charge in [-0.3, -0.25) is 0 Å². The zero-order valence-electron chi connectivity index (χ0n) is 12.6. The van der Waals surface area contributed by atoms with Crippen LogP contribution in [-0.4, -0.2) is 18.3 Å². The number of hydrogen-bond donors (Lipinski definition) is 2. The molecule has 0 spiro atoms. The van der Waals surface area contributed by atoms with E-state index in [1.165, 1.54) is 5.56 Å². The van der Waals surface area contributed by atoms with Crippen molar-refractivity contribution >= 4 is 0 Å². The lowest BCUT2D eigenvalue weighted by Gasteiger charge is -2.36. The minimum absolute atomic E-state index is 0.125. The maximum Gasteiger partial charge on any atom is 0.109 e. The quantitative estimate of drug-likeness (QED) is 0.858. The molecule has 0 amide bonds. The Hall–Kier alpha value is -0.800. The van der Waals surface area contributed by atoms with Crippen molar-refractivity contribution in [3.8, 4) is 0 Å². The van der Waals surface area contributed by atoms with Gasteiger partial charge in [0.25, 0.3) is 0 Å². The van der Waals surface area contributed by atoms with Crippen molar-refractivity contribution in [1.29, 1.82) is 0 Å². The summed E-state index contributed by atoms with van der Waals surface area (Å²) in [5.74, 6) is 1.13. The fraction of sp³-hybridized carbons (Fsp3) is 0.750. The Morgan fingerprint density at radius 2 is 2.21 bits per heavy atom. The highest BCUT2D eigenvalue weighted by atomic mass is 16.3. The van der Waals surface area contributed by atoms with E-state index in [-0.39, 0.29) is 17.4 Å². The van der Waals surface area contributed by atoms with E-state index in [0.717, 1.165) is 31.6 Å². The van der Waals surface area contributed by atoms with E-state index < -0.39 is 0 Å². The summed E-state index contributed by atoms with van der Waals surface area (Å²) in [7, 11) is 0. The number of aliphatic hydroxyl groups is 1. The van der Waals surface area contributed by atoms with E-state index in [2.05, 4.69) is 39.1 Å². The normalized spacial score (nSPS) is 22.3. The number of rotatable bonds is 5. The molecule has 1 aliphatic rings. The first-order chi connectivity index (χ1) is 8.83. The zero-order valence-corrected chi connectivity index (χ0v) is 12.6. The average molecular weight is 265 g/mol. The molecule has 0 aliphatic heterocycles. The van der Waals surface area contributed by atoms with E-state index in [4.69, 9.17) is 9.52 Å². The summed E-state index contributed by atoms with van der Waals surface area (Å²) in [4.78, 5) is 0. The summed E-state index contributed by atoms with van der Waals surface area (Å²) in [6.07, 6.45) is 4.79. The van der Waals surface area contributed by atoms with Crippen LogP contribution in [-0.2, 0) is 6.42 Å². The number of aliphatic hydroxyl groups excluding tert-OH is 1. The van der Waals surface area contributed by atoms with Crippen molar-refractivity contribution in [2.75, 3.05) is 13.2 Å². The maximum atomic E-state index is 9.10. The fourth-order valence-corrected chi connectivity index (χ4v) is 2.95. The topological polar surface area (TPSA) is 45.4 Å². The molecule has 1 atom stereocenters. The van der Waals surface area contributed by atoms with Gasteiger partial charge in [0, 0.05) is 31.2 Å². The second kappa shape index (κ2) is 5.29. The molecule has 3 nitrogen and oxygen atoms in total. The summed E-state index contributed by atoms with van der Waals surface area (Å²) in [6, 6.07) is 2.47. The van der Waals surface area contributed by atoms with E-state index in [1.54, 1.807) is 6.26 Å². The molecule has 2 rings (SSSR count). The highest BCUT2D eigenvalue weighted by Gasteiger charge is 2.34. The molecule has 1 aromatic heterocycles. The molecule has 0 aromatic carbocycles. The first-order valence-electron chi connectivity index (χ1n) is 7.23. The van der Waals surface area contributed by atoms with Gasteiger partial charge in [0.1, 0.15) is 5.76 Å². The molecule has 1 unspecified atom stereocenters. The molecule has 2 N–H and O–H groups in total. The Bertz CT molecular complexity index is 420. The summed E-state index contributed by atoms with van der Waals surface area (Å²) in [5.41, 5.74) is 1.73. The molecule has 1 aliphatic carbocycles. The molecule has 1 aromatic rings. The van der Waals surface area contributed by atoms with Gasteiger partial charge < -0.3 is 14.8 Å². The third-order valence-electron chi connectivity index (χ3n) is 4.17. The van der Waals surface area contributed by atoms with Gasteiger partial charge in [-0.25, -0.2) is 0 Å². The average Bonchev–Trinajstić information content (AvgIpc) is 2.72. The first-order valence-corrected chi connectivity index (χ1v) is 7.23. The third kappa shape index (κ3) is 3.61. The molecule has 0 bridgehead atoms. The van der Waals surface area contributed by atoms with Crippen LogP contribution in [0.25, 0.3) is 0 Å². The standard InChI is InChI=1S/C16H27NO2/c1-15(2,6-7-18)11-17-13-9-16(3,4)10-14-12(13)5-8-19-14/h5,8,13,17-18H,6-7,9-11H2,1-4H3. The Kier molecular flexibility index (Phi) is 4.07. The molecule has 108 valence electrons. The largest absolute Gasteiger partial charge is 0.469 e. The van der Waals surface area contributed by atoms with E-state index in [9.17, 15) is 0 Å². The van der Waals surface area contributed by atoms with Gasteiger partial charge in [-0.05, 0) is 29.7 Å². The Labute approximate surface area is 116 Å². The van der Waals surface area contributed by atoms with Crippen LogP contribution in [0.5, 0.6) is 0 Å². The van der Waals surface area contributed by atoms with Crippen LogP contribution in [0.2, 0.25) is 0 Å². The van der Waals surface area contributed by atoms with Gasteiger partial charge in [0.05, 0.1) is 6.26 Å². The minimum atomic E-state index is 0.125. The van der Waals surface area contributed by atoms with Crippen LogP contribution in [0.1, 0.15) is 57.9 Å². The van der Waals surface area contributed by atoms with Crippen LogP contribution in [0.3, 0.4) is 0 Å². The molecule has 0 saturated heterocycles. The summed E-state index contributed by atoms with van der Waals surface area (Å²) in [5, 5.41) is 12.8. The molecule has 0 radical (unpaired) electrons. The van der Waals surface area contributed by atoms with Gasteiger partial charge in [0.2, 0.25) is 0 Å². The second-order valence-corrected chi connectivity index (χ2v) is 7.42. The molecule has 0 saturated carbocycles. The van der Waals surface area contributed by atoms with Gasteiger partial charge in [-0.15, -0.1) is 0 Å². The van der Waals surface area contributed by atoms with Crippen molar-refractivity contribution in [2.24, 2.45) is 10.8 Å². The molecule has 0 fully saturated rings. The van der Waals surface area contributed by atoms with Crippen LogP contribution < -0.4 is 5.32 Å². The Morgan fingerprint density at radius 3 is 2.89 bits per heavy atom. The summed E-state index contributed by atoms with van der Waals surface area (Å²) >= 11 is 0. The lowest BCUT2D eigenvalue weighted by Crippen LogP contribution is -2.37. The number of fused-ring (bicyclic) bond motifs is 1. The van der Waals surface area contributed by atoms with Crippen LogP contribution in [0.15, 0.2) is 16.7 Å². The molecule has 19 heavy (non-hydrogen) atoms. The molecule has 3 heteroatoms. The van der Waals surface area contributed by atoms with Crippen molar-refractivity contribution in [1.82, 2.24) is 5.32 Å². The summed E-state index contributed by atoms with van der Waals surface area (Å²) in [6.45, 7) is 10.2. The molecular formula is C16H27NO2. The Morgan fingerprint density at radius 1 is 1.47 bits per heavy atom. The number of furan rings is 1. The van der Waals surface area contributed by atoms with Crippen molar-refractivity contribution in [2.45, 2.75) is 53.0 Å². The highest BCUT2D eigenvalue weighted by Crippen LogP contribution is 2.41. The monoisotopic (exact) mass is 265 g/mol. The molecular weight excluding hydrogens is 238 g/mol. The lowest BCUT2D eigenvalue weighted by atomic mass is 9.74. The maximum absolute atomic E-state index is 9.10. The smallest absolute Gasteiger partial charge is 0.109 e. The van der Waals surface area contributed by atoms with E-state index in [1.807, 2.05) is 0 Å². The predicted octanol–water partition coefficient (Wildman–Crippen LogP) is 3.29. The van der Waals surface area contributed by atoms with Crippen molar-refractivity contribution < 1.29 is 9.52 Å². The van der Waals surface area contributed by atoms with Crippen LogP contribution >= 0.6 is 0 Å². The van der Waals surface area contributed by atoms with E-state index >= 15 is 0 Å². The second-order valence-electron chi connectivity index (χ2n) is 7.42. The highest BCUT2D eigenvalue weighted by molar-refractivity contribution is 5.26. The van der Waals surface area contributed by atoms with E-state index in [0.29, 0.717) is 6.04 Å². The zero-order chi connectivity index (χ0) is 14.1. The van der Waals surface area contributed by atoms with Crippen LogP contribution in [0, 0.1) is 10.8 Å².